The van der Waals surface area contributed by atoms with E-state index >= 15 is 0 Å². The van der Waals surface area contributed by atoms with E-state index in [1.54, 1.807) is 13.2 Å². The van der Waals surface area contributed by atoms with Crippen LogP contribution in [0.25, 0.3) is 6.08 Å². The first-order valence-electron chi connectivity index (χ1n) is 5.73. The number of ether oxygens (including phenoxy) is 1. The number of hydrogen-bond acceptors (Lipinski definition) is 5. The summed E-state index contributed by atoms with van der Waals surface area (Å²) in [6.07, 6.45) is 1.70. The lowest BCUT2D eigenvalue weighted by atomic mass is 10.2. The predicted molar refractivity (Wildman–Crippen MR) is 93.2 cm³/mol. The van der Waals surface area contributed by atoms with Gasteiger partial charge in [0.05, 0.1) is 15.6 Å². The number of amides is 1. The maximum absolute atomic E-state index is 12.1. The van der Waals surface area contributed by atoms with Gasteiger partial charge in [0.15, 0.2) is 0 Å². The average molecular weight is 435 g/mol. The van der Waals surface area contributed by atoms with E-state index in [-0.39, 0.29) is 10.2 Å². The van der Waals surface area contributed by atoms with Crippen LogP contribution in [0.3, 0.4) is 0 Å². The summed E-state index contributed by atoms with van der Waals surface area (Å²) in [4.78, 5) is 24.4. The topological polar surface area (TPSA) is 66.8 Å². The molecule has 1 fully saturated rings. The number of carbonyl (C=O) groups excluding carboxylic acids is 1. The molecule has 0 radical (unpaired) electrons. The van der Waals surface area contributed by atoms with Crippen molar-refractivity contribution >= 4 is 68.8 Å². The minimum atomic E-state index is -1.09. The van der Waals surface area contributed by atoms with Crippen molar-refractivity contribution in [2.24, 2.45) is 0 Å². The van der Waals surface area contributed by atoms with Crippen LogP contribution < -0.4 is 4.74 Å². The number of carbonyl (C=O) groups is 2. The van der Waals surface area contributed by atoms with Crippen LogP contribution in [0.2, 0.25) is 0 Å². The standard InChI is InChI=1S/C13H10INO4S2/c1-19-9-3-2-7(4-8(9)14)5-10-12(18)15(6-11(16)17)13(20)21-10/h2-5H,6H2,1H3,(H,16,17)/b10-5+. The average Bonchev–Trinajstić information content (AvgIpc) is 2.66. The van der Waals surface area contributed by atoms with Gasteiger partial charge in [-0.25, -0.2) is 0 Å². The van der Waals surface area contributed by atoms with Gasteiger partial charge < -0.3 is 9.84 Å². The molecule has 1 aromatic carbocycles. The minimum Gasteiger partial charge on any atom is -0.496 e. The van der Waals surface area contributed by atoms with Crippen LogP contribution in [0.1, 0.15) is 5.56 Å². The maximum Gasteiger partial charge on any atom is 0.323 e. The molecule has 0 spiro atoms. The smallest absolute Gasteiger partial charge is 0.323 e. The van der Waals surface area contributed by atoms with Gasteiger partial charge in [0.1, 0.15) is 16.6 Å². The van der Waals surface area contributed by atoms with Crippen molar-refractivity contribution in [1.82, 2.24) is 4.90 Å². The summed E-state index contributed by atoms with van der Waals surface area (Å²) in [7, 11) is 1.59. The van der Waals surface area contributed by atoms with Crippen LogP contribution in [0.5, 0.6) is 5.75 Å². The normalized spacial score (nSPS) is 16.7. The molecule has 5 nitrogen and oxygen atoms in total. The monoisotopic (exact) mass is 435 g/mol. The van der Waals surface area contributed by atoms with Gasteiger partial charge in [0.25, 0.3) is 5.91 Å². The zero-order valence-electron chi connectivity index (χ0n) is 10.8. The molecule has 1 heterocycles. The van der Waals surface area contributed by atoms with Gasteiger partial charge in [-0.15, -0.1) is 0 Å². The number of methoxy groups -OCH3 is 1. The van der Waals surface area contributed by atoms with E-state index in [4.69, 9.17) is 22.1 Å². The van der Waals surface area contributed by atoms with Gasteiger partial charge in [0.2, 0.25) is 0 Å². The lowest BCUT2D eigenvalue weighted by Gasteiger charge is -2.10. The number of halogens is 1. The van der Waals surface area contributed by atoms with Gasteiger partial charge in [-0.1, -0.05) is 30.0 Å². The molecule has 110 valence electrons. The van der Waals surface area contributed by atoms with Crippen molar-refractivity contribution in [2.75, 3.05) is 13.7 Å². The van der Waals surface area contributed by atoms with E-state index in [1.165, 1.54) is 0 Å². The Morgan fingerprint density at radius 3 is 2.86 bits per heavy atom. The van der Waals surface area contributed by atoms with Crippen molar-refractivity contribution in [3.63, 3.8) is 0 Å². The first-order valence-corrected chi connectivity index (χ1v) is 8.03. The van der Waals surface area contributed by atoms with Gasteiger partial charge in [-0.3, -0.25) is 14.5 Å². The molecule has 1 aliphatic rings. The third kappa shape index (κ3) is 3.74. The van der Waals surface area contributed by atoms with Gasteiger partial charge in [0, 0.05) is 0 Å². The highest BCUT2D eigenvalue weighted by Crippen LogP contribution is 2.33. The molecule has 1 aliphatic heterocycles. The highest BCUT2D eigenvalue weighted by Gasteiger charge is 2.33. The van der Waals surface area contributed by atoms with Crippen LogP contribution in [0.15, 0.2) is 23.1 Å². The number of carboxylic acid groups (broad SMARTS) is 1. The number of carboxylic acids is 1. The van der Waals surface area contributed by atoms with Crippen LogP contribution in [0.4, 0.5) is 0 Å². The molecule has 21 heavy (non-hydrogen) atoms. The van der Waals surface area contributed by atoms with Crippen LogP contribution in [0, 0.1) is 3.57 Å². The van der Waals surface area contributed by atoms with Crippen molar-refractivity contribution in [1.29, 1.82) is 0 Å². The van der Waals surface area contributed by atoms with Crippen molar-refractivity contribution in [2.45, 2.75) is 0 Å². The van der Waals surface area contributed by atoms with Crippen LogP contribution >= 0.6 is 46.6 Å². The first kappa shape index (κ1) is 16.2. The Labute approximate surface area is 144 Å². The highest BCUT2D eigenvalue weighted by molar-refractivity contribution is 14.1. The maximum atomic E-state index is 12.1. The van der Waals surface area contributed by atoms with Gasteiger partial charge in [-0.05, 0) is 46.4 Å². The molecule has 1 amide bonds. The Bertz CT molecular complexity index is 660. The number of benzene rings is 1. The molecule has 0 saturated carbocycles. The van der Waals surface area contributed by atoms with Gasteiger partial charge in [-0.2, -0.15) is 0 Å². The number of thiocarbonyl (C=S) groups is 1. The summed E-state index contributed by atoms with van der Waals surface area (Å²) in [5, 5.41) is 8.78. The molecule has 2 rings (SSSR count). The van der Waals surface area contributed by atoms with Crippen molar-refractivity contribution in [3.8, 4) is 5.75 Å². The van der Waals surface area contributed by atoms with E-state index in [9.17, 15) is 9.59 Å². The highest BCUT2D eigenvalue weighted by atomic mass is 127. The predicted octanol–water partition coefficient (Wildman–Crippen LogP) is 2.59. The fourth-order valence-electron chi connectivity index (χ4n) is 1.70. The molecule has 8 heteroatoms. The van der Waals surface area contributed by atoms with E-state index in [0.717, 1.165) is 31.5 Å². The SMILES string of the molecule is COc1ccc(/C=C2/SC(=S)N(CC(=O)O)C2=O)cc1I. The largest absolute Gasteiger partial charge is 0.496 e. The summed E-state index contributed by atoms with van der Waals surface area (Å²) in [6, 6.07) is 5.51. The number of aliphatic carboxylic acids is 1. The van der Waals surface area contributed by atoms with E-state index < -0.39 is 12.5 Å². The summed E-state index contributed by atoms with van der Waals surface area (Å²) < 4.78 is 6.36. The fourth-order valence-corrected chi connectivity index (χ4v) is 3.71. The minimum absolute atomic E-state index is 0.261. The zero-order chi connectivity index (χ0) is 15.6. The Balaban J connectivity index is 2.26. The molecule has 1 saturated heterocycles. The molecule has 1 aromatic rings. The lowest BCUT2D eigenvalue weighted by Crippen LogP contribution is -2.33. The van der Waals surface area contributed by atoms with Gasteiger partial charge >= 0.3 is 5.97 Å². The molecule has 1 N–H and O–H groups in total. The second-order valence-corrected chi connectivity index (χ2v) is 6.89. The Kier molecular flexibility index (Phi) is 5.22. The van der Waals surface area contributed by atoms with Crippen molar-refractivity contribution < 1.29 is 19.4 Å². The third-order valence-electron chi connectivity index (χ3n) is 2.64. The summed E-state index contributed by atoms with van der Waals surface area (Å²) in [6.45, 7) is -0.415. The summed E-state index contributed by atoms with van der Waals surface area (Å²) in [5.41, 5.74) is 0.830. The molecule has 0 bridgehead atoms. The number of hydrogen-bond donors (Lipinski definition) is 1. The Hall–Kier alpha value is -1.13. The van der Waals surface area contributed by atoms with E-state index in [1.807, 2.05) is 18.2 Å². The summed E-state index contributed by atoms with van der Waals surface area (Å²) in [5.74, 6) is -0.712. The van der Waals surface area contributed by atoms with E-state index in [2.05, 4.69) is 22.6 Å². The quantitative estimate of drug-likeness (QED) is 0.446. The third-order valence-corrected chi connectivity index (χ3v) is 4.86. The molecule has 0 atom stereocenters. The summed E-state index contributed by atoms with van der Waals surface area (Å²) >= 11 is 8.29. The lowest BCUT2D eigenvalue weighted by molar-refractivity contribution is -0.140. The molecule has 0 aromatic heterocycles. The number of rotatable bonds is 4. The van der Waals surface area contributed by atoms with Crippen LogP contribution in [-0.4, -0.2) is 39.9 Å². The van der Waals surface area contributed by atoms with E-state index in [0.29, 0.717) is 4.91 Å². The fraction of sp³-hybridized carbons (Fsp3) is 0.154. The molecule has 0 aliphatic carbocycles. The Morgan fingerprint density at radius 1 is 1.57 bits per heavy atom. The first-order chi connectivity index (χ1) is 9.92. The number of nitrogens with zero attached hydrogens (tertiary/aromatic N) is 1. The second kappa shape index (κ2) is 6.75. The molecule has 0 unspecified atom stereocenters. The van der Waals surface area contributed by atoms with Crippen LogP contribution in [-0.2, 0) is 9.59 Å². The molecular weight excluding hydrogens is 425 g/mol. The zero-order valence-corrected chi connectivity index (χ0v) is 14.6. The second-order valence-electron chi connectivity index (χ2n) is 4.06. The Morgan fingerprint density at radius 2 is 2.29 bits per heavy atom. The number of thioether (sulfide) groups is 1. The van der Waals surface area contributed by atoms with Crippen molar-refractivity contribution in [3.05, 3.63) is 32.2 Å². The molecular formula is C13H10INO4S2.